The summed E-state index contributed by atoms with van der Waals surface area (Å²) in [7, 11) is 1.80. The standard InChI is InChI=1S/C19H16N4O/c1-19(2)17-13(18(24)23(19)3)7-8-15(22-17)14-10-21-16-11(9-20)5-4-6-12(14)16/h4-8,10,21H,1-3H3. The Hall–Kier alpha value is -3.13. The number of carbonyl (C=O) groups excluding carboxylic acids is 1. The fraction of sp³-hybridized carbons (Fsp3) is 0.211. The first-order chi connectivity index (χ1) is 11.4. The predicted molar refractivity (Wildman–Crippen MR) is 91.4 cm³/mol. The van der Waals surface area contributed by atoms with Crippen molar-refractivity contribution in [3.63, 3.8) is 0 Å². The lowest BCUT2D eigenvalue weighted by Gasteiger charge is -2.27. The smallest absolute Gasteiger partial charge is 0.256 e. The molecule has 1 aliphatic heterocycles. The lowest BCUT2D eigenvalue weighted by molar-refractivity contribution is 0.0688. The second kappa shape index (κ2) is 4.68. The Kier molecular flexibility index (Phi) is 2.82. The zero-order chi connectivity index (χ0) is 17.1. The van der Waals surface area contributed by atoms with E-state index >= 15 is 0 Å². The average molecular weight is 316 g/mol. The molecule has 0 bridgehead atoms. The third-order valence-electron chi connectivity index (χ3n) is 4.96. The molecule has 0 aliphatic carbocycles. The van der Waals surface area contributed by atoms with E-state index in [-0.39, 0.29) is 5.91 Å². The number of aromatic amines is 1. The van der Waals surface area contributed by atoms with Crippen molar-refractivity contribution < 1.29 is 4.79 Å². The molecule has 0 saturated heterocycles. The minimum atomic E-state index is -0.438. The lowest BCUT2D eigenvalue weighted by atomic mass is 9.98. The Morgan fingerprint density at radius 1 is 1.21 bits per heavy atom. The molecule has 1 N–H and O–H groups in total. The second-order valence-electron chi connectivity index (χ2n) is 6.56. The Morgan fingerprint density at radius 3 is 2.75 bits per heavy atom. The first-order valence-corrected chi connectivity index (χ1v) is 7.75. The summed E-state index contributed by atoms with van der Waals surface area (Å²) >= 11 is 0. The van der Waals surface area contributed by atoms with Crippen molar-refractivity contribution in [1.29, 1.82) is 5.26 Å². The third-order valence-corrected chi connectivity index (χ3v) is 4.96. The number of hydrogen-bond acceptors (Lipinski definition) is 3. The van der Waals surface area contributed by atoms with Crippen LogP contribution in [-0.2, 0) is 5.54 Å². The summed E-state index contributed by atoms with van der Waals surface area (Å²) in [4.78, 5) is 22.0. The molecule has 0 spiro atoms. The molecule has 4 rings (SSSR count). The number of amides is 1. The molecule has 1 aromatic carbocycles. The number of para-hydroxylation sites is 1. The van der Waals surface area contributed by atoms with Crippen molar-refractivity contribution >= 4 is 16.8 Å². The maximum Gasteiger partial charge on any atom is 0.256 e. The predicted octanol–water partition coefficient (Wildman–Crippen LogP) is 3.42. The maximum absolute atomic E-state index is 12.3. The molecule has 5 nitrogen and oxygen atoms in total. The van der Waals surface area contributed by atoms with Gasteiger partial charge in [-0.1, -0.05) is 12.1 Å². The number of carbonyl (C=O) groups is 1. The molecule has 0 radical (unpaired) electrons. The van der Waals surface area contributed by atoms with Gasteiger partial charge in [-0.15, -0.1) is 0 Å². The van der Waals surface area contributed by atoms with Crippen molar-refractivity contribution in [3.8, 4) is 17.3 Å². The highest BCUT2D eigenvalue weighted by molar-refractivity contribution is 6.01. The van der Waals surface area contributed by atoms with E-state index in [1.807, 2.05) is 44.3 Å². The van der Waals surface area contributed by atoms with Crippen molar-refractivity contribution in [1.82, 2.24) is 14.9 Å². The topological polar surface area (TPSA) is 72.8 Å². The Morgan fingerprint density at radius 2 is 2.00 bits per heavy atom. The minimum Gasteiger partial charge on any atom is -0.359 e. The summed E-state index contributed by atoms with van der Waals surface area (Å²) in [6, 6.07) is 11.5. The summed E-state index contributed by atoms with van der Waals surface area (Å²) in [6.45, 7) is 3.99. The van der Waals surface area contributed by atoms with Crippen LogP contribution in [0.15, 0.2) is 36.5 Å². The number of nitrogens with zero attached hydrogens (tertiary/aromatic N) is 3. The summed E-state index contributed by atoms with van der Waals surface area (Å²) in [5.74, 6) is -0.000238. The number of benzene rings is 1. The number of pyridine rings is 1. The van der Waals surface area contributed by atoms with Gasteiger partial charge in [0.05, 0.1) is 33.6 Å². The molecule has 1 aliphatic rings. The van der Waals surface area contributed by atoms with E-state index in [0.29, 0.717) is 11.1 Å². The van der Waals surface area contributed by atoms with Crippen LogP contribution in [0.4, 0.5) is 0 Å². The molecule has 2 aromatic heterocycles. The molecular formula is C19H16N4O. The molecule has 5 heteroatoms. The van der Waals surface area contributed by atoms with Crippen molar-refractivity contribution in [2.45, 2.75) is 19.4 Å². The van der Waals surface area contributed by atoms with Crippen LogP contribution in [-0.4, -0.2) is 27.8 Å². The highest BCUT2D eigenvalue weighted by Crippen LogP contribution is 2.38. The van der Waals surface area contributed by atoms with E-state index in [0.717, 1.165) is 27.9 Å². The van der Waals surface area contributed by atoms with Gasteiger partial charge in [0.1, 0.15) is 6.07 Å². The van der Waals surface area contributed by atoms with Gasteiger partial charge in [0, 0.05) is 24.2 Å². The molecule has 3 heterocycles. The molecule has 0 fully saturated rings. The van der Waals surface area contributed by atoms with E-state index < -0.39 is 5.54 Å². The quantitative estimate of drug-likeness (QED) is 0.747. The first kappa shape index (κ1) is 14.5. The van der Waals surface area contributed by atoms with Crippen LogP contribution in [0.3, 0.4) is 0 Å². The minimum absolute atomic E-state index is 0.000238. The van der Waals surface area contributed by atoms with Crippen LogP contribution in [0.2, 0.25) is 0 Å². The number of hydrogen-bond donors (Lipinski definition) is 1. The van der Waals surface area contributed by atoms with Crippen molar-refractivity contribution in [2.75, 3.05) is 7.05 Å². The maximum atomic E-state index is 12.3. The van der Waals surface area contributed by atoms with Gasteiger partial charge < -0.3 is 9.88 Å². The Balaban J connectivity index is 1.94. The van der Waals surface area contributed by atoms with Crippen LogP contribution in [0.5, 0.6) is 0 Å². The van der Waals surface area contributed by atoms with Gasteiger partial charge in [0.2, 0.25) is 0 Å². The van der Waals surface area contributed by atoms with Crippen molar-refractivity contribution in [3.05, 3.63) is 53.3 Å². The van der Waals surface area contributed by atoms with Gasteiger partial charge in [0.15, 0.2) is 0 Å². The Bertz CT molecular complexity index is 1040. The number of H-pyrrole nitrogens is 1. The number of fused-ring (bicyclic) bond motifs is 2. The van der Waals surface area contributed by atoms with Crippen LogP contribution >= 0.6 is 0 Å². The van der Waals surface area contributed by atoms with Crippen molar-refractivity contribution in [2.24, 2.45) is 0 Å². The third kappa shape index (κ3) is 1.74. The average Bonchev–Trinajstić information content (AvgIpc) is 3.09. The van der Waals surface area contributed by atoms with E-state index in [1.54, 1.807) is 18.0 Å². The van der Waals surface area contributed by atoms with Gasteiger partial charge in [-0.3, -0.25) is 4.79 Å². The number of nitrogens with one attached hydrogen (secondary N) is 1. The summed E-state index contributed by atoms with van der Waals surface area (Å²) < 4.78 is 0. The zero-order valence-electron chi connectivity index (χ0n) is 13.7. The number of aromatic nitrogens is 2. The van der Waals surface area contributed by atoms with Gasteiger partial charge >= 0.3 is 0 Å². The molecule has 0 saturated carbocycles. The van der Waals surface area contributed by atoms with E-state index in [2.05, 4.69) is 11.1 Å². The fourth-order valence-electron chi connectivity index (χ4n) is 3.30. The molecule has 24 heavy (non-hydrogen) atoms. The molecule has 1 amide bonds. The van der Waals surface area contributed by atoms with Gasteiger partial charge in [0.25, 0.3) is 5.91 Å². The first-order valence-electron chi connectivity index (χ1n) is 7.75. The summed E-state index contributed by atoms with van der Waals surface area (Å²) in [5, 5.41) is 10.2. The normalized spacial score (nSPS) is 15.6. The molecule has 0 unspecified atom stereocenters. The van der Waals surface area contributed by atoms with E-state index in [9.17, 15) is 10.1 Å². The number of rotatable bonds is 1. The van der Waals surface area contributed by atoms with E-state index in [1.165, 1.54) is 0 Å². The van der Waals surface area contributed by atoms with Crippen LogP contribution in [0, 0.1) is 11.3 Å². The van der Waals surface area contributed by atoms with Crippen LogP contribution < -0.4 is 0 Å². The summed E-state index contributed by atoms with van der Waals surface area (Å²) in [6.07, 6.45) is 1.87. The zero-order valence-corrected chi connectivity index (χ0v) is 13.7. The largest absolute Gasteiger partial charge is 0.359 e. The molecule has 118 valence electrons. The van der Waals surface area contributed by atoms with Gasteiger partial charge in [-0.25, -0.2) is 4.98 Å². The molecule has 3 aromatic rings. The second-order valence-corrected chi connectivity index (χ2v) is 6.56. The SMILES string of the molecule is CN1C(=O)c2ccc(-c3c[nH]c4c(C#N)cccc34)nc2C1(C)C. The lowest BCUT2D eigenvalue weighted by Crippen LogP contribution is -2.35. The van der Waals surface area contributed by atoms with E-state index in [4.69, 9.17) is 4.98 Å². The van der Waals surface area contributed by atoms with Gasteiger partial charge in [-0.2, -0.15) is 5.26 Å². The highest BCUT2D eigenvalue weighted by atomic mass is 16.2. The molecule has 0 atom stereocenters. The van der Waals surface area contributed by atoms with Crippen LogP contribution in [0.25, 0.3) is 22.2 Å². The number of nitriles is 1. The van der Waals surface area contributed by atoms with Crippen LogP contribution in [0.1, 0.15) is 35.5 Å². The monoisotopic (exact) mass is 316 g/mol. The Labute approximate surface area is 139 Å². The summed E-state index contributed by atoms with van der Waals surface area (Å²) in [5.41, 5.74) is 4.16. The van der Waals surface area contributed by atoms with Gasteiger partial charge in [-0.05, 0) is 32.0 Å². The molecular weight excluding hydrogens is 300 g/mol. The fourth-order valence-corrected chi connectivity index (χ4v) is 3.30. The highest BCUT2D eigenvalue weighted by Gasteiger charge is 2.42.